The van der Waals surface area contributed by atoms with Crippen molar-refractivity contribution in [3.63, 3.8) is 0 Å². The molecule has 1 N–H and O–H groups in total. The van der Waals surface area contributed by atoms with Gasteiger partial charge in [-0.3, -0.25) is 9.59 Å². The summed E-state index contributed by atoms with van der Waals surface area (Å²) in [6, 6.07) is 0. The van der Waals surface area contributed by atoms with Gasteiger partial charge in [0.25, 0.3) is 6.47 Å². The number of ether oxygens (including phenoxy) is 1. The number of carboxylic acid groups (broad SMARTS) is 1. The second kappa shape index (κ2) is 8.66. The van der Waals surface area contributed by atoms with Gasteiger partial charge in [0, 0.05) is 12.3 Å². The van der Waals surface area contributed by atoms with Gasteiger partial charge in [-0.05, 0) is 91.8 Å². The van der Waals surface area contributed by atoms with E-state index >= 15 is 0 Å². The van der Waals surface area contributed by atoms with E-state index in [1.807, 2.05) is 0 Å². The summed E-state index contributed by atoms with van der Waals surface area (Å²) in [6.07, 6.45) is 8.24. The Balaban J connectivity index is 1.55. The Bertz CT molecular complexity index is 784. The smallest absolute Gasteiger partial charge is 0.331 e. The molecule has 4 fully saturated rings. The molecule has 180 valence electrons. The van der Waals surface area contributed by atoms with Crippen LogP contribution in [0.1, 0.15) is 78.6 Å². The van der Waals surface area contributed by atoms with E-state index in [9.17, 15) is 19.5 Å². The zero-order valence-electron chi connectivity index (χ0n) is 19.3. The van der Waals surface area contributed by atoms with Gasteiger partial charge in [-0.1, -0.05) is 52.6 Å². The molecule has 0 spiro atoms. The van der Waals surface area contributed by atoms with Crippen molar-refractivity contribution < 1.29 is 24.2 Å². The number of rotatable bonds is 6. The molecule has 4 saturated carbocycles. The molecule has 0 aromatic rings. The van der Waals surface area contributed by atoms with Gasteiger partial charge in [0.1, 0.15) is 11.9 Å². The largest absolute Gasteiger partial charge is 0.480 e. The van der Waals surface area contributed by atoms with Gasteiger partial charge in [0.15, 0.2) is 3.23 Å². The minimum atomic E-state index is -1.11. The average molecular weight is 576 g/mol. The molecule has 4 aliphatic carbocycles. The van der Waals surface area contributed by atoms with E-state index in [-0.39, 0.29) is 28.8 Å². The molecule has 4 aliphatic rings. The zero-order valence-corrected chi connectivity index (χ0v) is 22.5. The van der Waals surface area contributed by atoms with Crippen LogP contribution < -0.4 is 0 Å². The zero-order chi connectivity index (χ0) is 23.5. The van der Waals surface area contributed by atoms with Crippen LogP contribution in [0.25, 0.3) is 0 Å². The fourth-order valence-corrected chi connectivity index (χ4v) is 9.86. The molecular formula is C25H36Br2O5. The van der Waals surface area contributed by atoms with Gasteiger partial charge in [0.2, 0.25) is 0 Å². The number of hydrogen-bond donors (Lipinski definition) is 1. The predicted octanol–water partition coefficient (Wildman–Crippen LogP) is 5.96. The molecule has 0 bridgehead atoms. The maximum atomic E-state index is 13.8. The van der Waals surface area contributed by atoms with Crippen molar-refractivity contribution in [1.29, 1.82) is 0 Å². The average Bonchev–Trinajstić information content (AvgIpc) is 3.04. The van der Waals surface area contributed by atoms with Gasteiger partial charge in [-0.2, -0.15) is 0 Å². The molecule has 0 aromatic carbocycles. The molecule has 32 heavy (non-hydrogen) atoms. The molecule has 5 nitrogen and oxygen atoms in total. The van der Waals surface area contributed by atoms with E-state index in [0.717, 1.165) is 44.9 Å². The van der Waals surface area contributed by atoms with Crippen molar-refractivity contribution in [3.05, 3.63) is 0 Å². The Hall–Kier alpha value is -0.430. The molecule has 0 unspecified atom stereocenters. The van der Waals surface area contributed by atoms with Gasteiger partial charge < -0.3 is 9.84 Å². The van der Waals surface area contributed by atoms with Gasteiger partial charge in [-0.25, -0.2) is 4.79 Å². The van der Waals surface area contributed by atoms with E-state index in [1.54, 1.807) is 0 Å². The fourth-order valence-electron chi connectivity index (χ4n) is 8.84. The number of aliphatic carboxylic acids is 1. The van der Waals surface area contributed by atoms with Crippen molar-refractivity contribution in [2.75, 3.05) is 0 Å². The van der Waals surface area contributed by atoms with Crippen LogP contribution in [-0.4, -0.2) is 32.7 Å². The van der Waals surface area contributed by atoms with Crippen LogP contribution in [-0.2, 0) is 19.1 Å². The summed E-state index contributed by atoms with van der Waals surface area (Å²) in [4.78, 5) is 36.3. The molecule has 0 aromatic heterocycles. The van der Waals surface area contributed by atoms with Gasteiger partial charge >= 0.3 is 5.97 Å². The maximum Gasteiger partial charge on any atom is 0.331 e. The second-order valence-corrected chi connectivity index (χ2v) is 15.5. The van der Waals surface area contributed by atoms with E-state index < -0.39 is 9.20 Å². The first-order valence-corrected chi connectivity index (χ1v) is 13.8. The molecule has 4 rings (SSSR count). The summed E-state index contributed by atoms with van der Waals surface area (Å²) in [5, 5.41) is 9.54. The Kier molecular flexibility index (Phi) is 6.68. The number of fused-ring (bicyclic) bond motifs is 5. The number of carbonyl (C=O) groups is 3. The number of carbonyl (C=O) groups excluding carboxylic acids is 2. The SMILES string of the molecule is C[C@H](CC(Br)(Br)C(=O)O)[C@H]1CC[C@H]2[C@@H]3CC[C@@H]4C[C@H](OC=O)CC[C@]4(C)[C@H]3C(=O)C[C@]12C. The van der Waals surface area contributed by atoms with Crippen LogP contribution in [0.5, 0.6) is 0 Å². The Labute approximate surface area is 208 Å². The van der Waals surface area contributed by atoms with E-state index in [4.69, 9.17) is 4.74 Å². The van der Waals surface area contributed by atoms with Crippen molar-refractivity contribution in [3.8, 4) is 0 Å². The highest BCUT2D eigenvalue weighted by Crippen LogP contribution is 2.67. The molecule has 0 heterocycles. The first kappa shape index (κ1) is 24.7. The van der Waals surface area contributed by atoms with Crippen LogP contribution in [0.2, 0.25) is 0 Å². The van der Waals surface area contributed by atoms with Gasteiger partial charge in [-0.15, -0.1) is 0 Å². The van der Waals surface area contributed by atoms with E-state index in [1.165, 1.54) is 0 Å². The minimum absolute atomic E-state index is 0.00537. The first-order chi connectivity index (χ1) is 14.9. The monoisotopic (exact) mass is 574 g/mol. The summed E-state index contributed by atoms with van der Waals surface area (Å²) in [7, 11) is 0. The highest BCUT2D eigenvalue weighted by Gasteiger charge is 2.64. The number of alkyl halides is 2. The first-order valence-electron chi connectivity index (χ1n) is 12.2. The number of halogens is 2. The molecule has 0 aliphatic heterocycles. The highest BCUT2D eigenvalue weighted by atomic mass is 79.9. The molecule has 0 saturated heterocycles. The second-order valence-electron chi connectivity index (χ2n) is 11.7. The van der Waals surface area contributed by atoms with Crippen LogP contribution in [0.3, 0.4) is 0 Å². The van der Waals surface area contributed by atoms with Crippen molar-refractivity contribution in [1.82, 2.24) is 0 Å². The quantitative estimate of drug-likeness (QED) is 0.312. The lowest BCUT2D eigenvalue weighted by molar-refractivity contribution is -0.166. The molecule has 7 heteroatoms. The third-order valence-electron chi connectivity index (χ3n) is 10.2. The summed E-state index contributed by atoms with van der Waals surface area (Å²) >= 11 is 6.69. The van der Waals surface area contributed by atoms with Crippen LogP contribution in [0.15, 0.2) is 0 Å². The Morgan fingerprint density at radius 3 is 2.59 bits per heavy atom. The molecule has 0 amide bonds. The number of hydrogen-bond acceptors (Lipinski definition) is 4. The van der Waals surface area contributed by atoms with Crippen LogP contribution in [0, 0.1) is 46.3 Å². The lowest BCUT2D eigenvalue weighted by Crippen LogP contribution is -2.58. The standard InChI is InChI=1S/C25H36Br2O5/c1-14(11-25(26,27)22(30)31)18-6-7-19-17-5-4-15-10-16(32-13-28)8-9-23(15,2)21(17)20(29)12-24(18,19)3/h13-19,21H,4-12H2,1-3H3,(H,30,31)/t14-,15-,16-,17+,18-,19+,21-,23+,24-/m1/s1. The summed E-state index contributed by atoms with van der Waals surface area (Å²) in [5.74, 6) is 1.62. The highest BCUT2D eigenvalue weighted by molar-refractivity contribution is 9.25. The number of carboxylic acids is 1. The van der Waals surface area contributed by atoms with Crippen molar-refractivity contribution in [2.45, 2.75) is 87.9 Å². The Morgan fingerprint density at radius 2 is 1.94 bits per heavy atom. The van der Waals surface area contributed by atoms with Crippen molar-refractivity contribution in [2.24, 2.45) is 46.3 Å². The topological polar surface area (TPSA) is 80.7 Å². The van der Waals surface area contributed by atoms with Crippen LogP contribution >= 0.6 is 31.9 Å². The number of ketones is 1. The molecule has 9 atom stereocenters. The third kappa shape index (κ3) is 3.91. The van der Waals surface area contributed by atoms with E-state index in [2.05, 4.69) is 52.6 Å². The maximum absolute atomic E-state index is 13.8. The van der Waals surface area contributed by atoms with Crippen molar-refractivity contribution >= 4 is 50.1 Å². The van der Waals surface area contributed by atoms with Crippen LogP contribution in [0.4, 0.5) is 0 Å². The van der Waals surface area contributed by atoms with E-state index in [0.29, 0.717) is 48.8 Å². The Morgan fingerprint density at radius 1 is 1.22 bits per heavy atom. The third-order valence-corrected chi connectivity index (χ3v) is 11.5. The van der Waals surface area contributed by atoms with Gasteiger partial charge in [0.05, 0.1) is 0 Å². The summed E-state index contributed by atoms with van der Waals surface area (Å²) in [6.45, 7) is 7.38. The molecule has 0 radical (unpaired) electrons. The number of Topliss-reactive ketones (excluding diaryl/α,β-unsaturated/α-hetero) is 1. The minimum Gasteiger partial charge on any atom is -0.480 e. The summed E-state index contributed by atoms with van der Waals surface area (Å²) < 4.78 is 4.20. The fraction of sp³-hybridized carbons (Fsp3) is 0.880. The normalized spacial score (nSPS) is 44.7. The lowest BCUT2D eigenvalue weighted by Gasteiger charge is -2.60. The summed E-state index contributed by atoms with van der Waals surface area (Å²) in [5.41, 5.74) is -0.0365. The lowest BCUT2D eigenvalue weighted by atomic mass is 9.44. The predicted molar refractivity (Wildman–Crippen MR) is 129 cm³/mol. The molecular weight excluding hydrogens is 540 g/mol.